The van der Waals surface area contributed by atoms with Crippen molar-refractivity contribution in [3.05, 3.63) is 60.0 Å². The Hall–Kier alpha value is -2.82. The molecule has 0 aliphatic heterocycles. The first-order valence-corrected chi connectivity index (χ1v) is 9.84. The minimum Gasteiger partial charge on any atom is -0.383 e. The number of anilines is 1. The molecule has 27 heavy (non-hydrogen) atoms. The molecular weight excluding hydrogens is 336 g/mol. The monoisotopic (exact) mass is 362 g/mol. The molecule has 3 N–H and O–H groups in total. The maximum atomic E-state index is 12.5. The van der Waals surface area contributed by atoms with Crippen molar-refractivity contribution in [3.8, 4) is 0 Å². The predicted molar refractivity (Wildman–Crippen MR) is 109 cm³/mol. The molecule has 1 saturated carbocycles. The summed E-state index contributed by atoms with van der Waals surface area (Å²) in [5.74, 6) is -0.0188. The summed E-state index contributed by atoms with van der Waals surface area (Å²) in [4.78, 5) is 20.0. The van der Waals surface area contributed by atoms with Crippen molar-refractivity contribution in [2.75, 3.05) is 11.9 Å². The average Bonchev–Trinajstić information content (AvgIpc) is 3.12. The second kappa shape index (κ2) is 8.25. The zero-order chi connectivity index (χ0) is 18.5. The van der Waals surface area contributed by atoms with Crippen LogP contribution in [0.5, 0.6) is 0 Å². The summed E-state index contributed by atoms with van der Waals surface area (Å²) in [6.07, 6.45) is 12.3. The first kappa shape index (κ1) is 17.6. The van der Waals surface area contributed by atoms with Crippen LogP contribution in [-0.4, -0.2) is 28.5 Å². The lowest BCUT2D eigenvalue weighted by molar-refractivity contribution is 0.0927. The number of aromatic amines is 1. The van der Waals surface area contributed by atoms with Crippen LogP contribution in [0, 0.1) is 0 Å². The van der Waals surface area contributed by atoms with Gasteiger partial charge in [-0.3, -0.25) is 9.78 Å². The van der Waals surface area contributed by atoms with E-state index in [0.29, 0.717) is 11.6 Å². The highest BCUT2D eigenvalue weighted by atomic mass is 16.1. The van der Waals surface area contributed by atoms with Gasteiger partial charge in [0, 0.05) is 42.1 Å². The molecule has 1 aliphatic rings. The zero-order valence-electron chi connectivity index (χ0n) is 15.5. The predicted octanol–water partition coefficient (Wildman–Crippen LogP) is 4.28. The fraction of sp³-hybridized carbons (Fsp3) is 0.364. The Balaban J connectivity index is 1.34. The molecule has 0 spiro atoms. The number of carbonyl (C=O) groups is 1. The van der Waals surface area contributed by atoms with E-state index in [9.17, 15) is 4.79 Å². The fourth-order valence-electron chi connectivity index (χ4n) is 3.86. The van der Waals surface area contributed by atoms with Crippen LogP contribution in [0.25, 0.3) is 10.9 Å². The van der Waals surface area contributed by atoms with Crippen LogP contribution >= 0.6 is 0 Å². The van der Waals surface area contributed by atoms with E-state index in [-0.39, 0.29) is 5.91 Å². The Morgan fingerprint density at radius 3 is 2.89 bits per heavy atom. The van der Waals surface area contributed by atoms with Crippen molar-refractivity contribution >= 4 is 22.5 Å². The van der Waals surface area contributed by atoms with Gasteiger partial charge < -0.3 is 15.6 Å². The third-order valence-corrected chi connectivity index (χ3v) is 5.34. The fourth-order valence-corrected chi connectivity index (χ4v) is 3.86. The topological polar surface area (TPSA) is 69.8 Å². The summed E-state index contributed by atoms with van der Waals surface area (Å²) in [6, 6.07) is 10.5. The molecule has 0 radical (unpaired) electrons. The van der Waals surface area contributed by atoms with Crippen molar-refractivity contribution in [1.29, 1.82) is 0 Å². The largest absolute Gasteiger partial charge is 0.383 e. The van der Waals surface area contributed by atoms with Crippen molar-refractivity contribution in [3.63, 3.8) is 0 Å². The van der Waals surface area contributed by atoms with E-state index in [0.717, 1.165) is 37.0 Å². The normalized spacial score (nSPS) is 15.0. The van der Waals surface area contributed by atoms with Crippen molar-refractivity contribution in [1.82, 2.24) is 15.3 Å². The number of carbonyl (C=O) groups excluding carboxylic acids is 1. The molecule has 2 aromatic heterocycles. The maximum absolute atomic E-state index is 12.5. The zero-order valence-corrected chi connectivity index (χ0v) is 15.5. The van der Waals surface area contributed by atoms with E-state index >= 15 is 0 Å². The van der Waals surface area contributed by atoms with Crippen LogP contribution in [0.2, 0.25) is 0 Å². The lowest BCUT2D eigenvalue weighted by atomic mass is 9.95. The van der Waals surface area contributed by atoms with Crippen LogP contribution in [0.4, 0.5) is 5.69 Å². The Bertz CT molecular complexity index is 911. The van der Waals surface area contributed by atoms with Crippen LogP contribution in [0.15, 0.2) is 48.9 Å². The number of nitrogens with one attached hydrogen (secondary N) is 3. The minimum absolute atomic E-state index is 0.0188. The number of hydrogen-bond acceptors (Lipinski definition) is 3. The molecule has 5 heteroatoms. The molecule has 3 aromatic rings. The second-order valence-corrected chi connectivity index (χ2v) is 7.31. The lowest BCUT2D eigenvalue weighted by Gasteiger charge is -2.22. The number of benzene rings is 1. The van der Waals surface area contributed by atoms with Gasteiger partial charge in [-0.2, -0.15) is 0 Å². The number of fused-ring (bicyclic) bond motifs is 1. The minimum atomic E-state index is -0.0188. The van der Waals surface area contributed by atoms with Crippen molar-refractivity contribution < 1.29 is 4.79 Å². The number of nitrogens with zero attached hydrogens (tertiary/aromatic N) is 1. The smallest absolute Gasteiger partial charge is 0.253 e. The van der Waals surface area contributed by atoms with Gasteiger partial charge in [0.2, 0.25) is 0 Å². The lowest BCUT2D eigenvalue weighted by Crippen LogP contribution is -2.36. The van der Waals surface area contributed by atoms with Crippen LogP contribution < -0.4 is 10.6 Å². The van der Waals surface area contributed by atoms with Crippen LogP contribution in [-0.2, 0) is 6.42 Å². The van der Waals surface area contributed by atoms with E-state index in [1.165, 1.54) is 30.2 Å². The molecule has 1 aromatic carbocycles. The standard InChI is InChI=1S/C22H26N4O/c27-22(26-18-6-2-1-3-7-18)17-12-19(15-23-13-17)24-11-10-16-14-25-21-9-5-4-8-20(16)21/h4-5,8-9,12-15,18,24-25H,1-3,6-7,10-11H2,(H,26,27). The van der Waals surface area contributed by atoms with E-state index in [4.69, 9.17) is 0 Å². The third kappa shape index (κ3) is 4.30. The maximum Gasteiger partial charge on any atom is 0.253 e. The first-order valence-electron chi connectivity index (χ1n) is 9.84. The molecule has 0 saturated heterocycles. The highest BCUT2D eigenvalue weighted by Gasteiger charge is 2.17. The number of pyridine rings is 1. The van der Waals surface area contributed by atoms with Crippen molar-refractivity contribution in [2.45, 2.75) is 44.6 Å². The highest BCUT2D eigenvalue weighted by molar-refractivity contribution is 5.94. The first-order chi connectivity index (χ1) is 13.3. The van der Waals surface area contributed by atoms with Gasteiger partial charge in [-0.05, 0) is 37.0 Å². The van der Waals surface area contributed by atoms with E-state index in [1.54, 1.807) is 12.4 Å². The third-order valence-electron chi connectivity index (χ3n) is 5.34. The Labute approximate surface area is 159 Å². The molecule has 1 aliphatic carbocycles. The molecule has 0 unspecified atom stereocenters. The van der Waals surface area contributed by atoms with Crippen LogP contribution in [0.1, 0.15) is 48.0 Å². The number of para-hydroxylation sites is 1. The van der Waals surface area contributed by atoms with Gasteiger partial charge in [0.25, 0.3) is 5.91 Å². The Kier molecular flexibility index (Phi) is 5.37. The summed E-state index contributed by atoms with van der Waals surface area (Å²) in [6.45, 7) is 0.789. The number of H-pyrrole nitrogens is 1. The van der Waals surface area contributed by atoms with Gasteiger partial charge in [-0.1, -0.05) is 37.5 Å². The molecular formula is C22H26N4O. The van der Waals surface area contributed by atoms with Crippen LogP contribution in [0.3, 0.4) is 0 Å². The summed E-state index contributed by atoms with van der Waals surface area (Å²) in [7, 11) is 0. The van der Waals surface area contributed by atoms with Gasteiger partial charge in [0.1, 0.15) is 0 Å². The molecule has 0 bridgehead atoms. The Morgan fingerprint density at radius 2 is 2.00 bits per heavy atom. The van der Waals surface area contributed by atoms with Crippen molar-refractivity contribution in [2.24, 2.45) is 0 Å². The number of rotatable bonds is 6. The number of hydrogen-bond donors (Lipinski definition) is 3. The molecule has 4 rings (SSSR count). The van der Waals surface area contributed by atoms with Gasteiger partial charge in [-0.15, -0.1) is 0 Å². The summed E-state index contributed by atoms with van der Waals surface area (Å²) in [5.41, 5.74) is 3.96. The molecule has 2 heterocycles. The number of amides is 1. The average molecular weight is 362 g/mol. The SMILES string of the molecule is O=C(NC1CCCCC1)c1cncc(NCCc2c[nH]c3ccccc23)c1. The van der Waals surface area contributed by atoms with Gasteiger partial charge >= 0.3 is 0 Å². The van der Waals surface area contributed by atoms with Gasteiger partial charge in [0.05, 0.1) is 11.3 Å². The van der Waals surface area contributed by atoms with Gasteiger partial charge in [0.15, 0.2) is 0 Å². The molecule has 1 amide bonds. The molecule has 140 valence electrons. The summed E-state index contributed by atoms with van der Waals surface area (Å²) >= 11 is 0. The summed E-state index contributed by atoms with van der Waals surface area (Å²) in [5, 5.41) is 7.80. The van der Waals surface area contributed by atoms with E-state index in [2.05, 4.69) is 45.0 Å². The van der Waals surface area contributed by atoms with Gasteiger partial charge in [-0.25, -0.2) is 0 Å². The Morgan fingerprint density at radius 1 is 1.15 bits per heavy atom. The van der Waals surface area contributed by atoms with E-state index < -0.39 is 0 Å². The quantitative estimate of drug-likeness (QED) is 0.613. The number of aromatic nitrogens is 2. The summed E-state index contributed by atoms with van der Waals surface area (Å²) < 4.78 is 0. The molecule has 5 nitrogen and oxygen atoms in total. The van der Waals surface area contributed by atoms with E-state index in [1.807, 2.05) is 12.1 Å². The highest BCUT2D eigenvalue weighted by Crippen LogP contribution is 2.19. The molecule has 1 fully saturated rings. The second-order valence-electron chi connectivity index (χ2n) is 7.31. The molecule has 0 atom stereocenters.